The van der Waals surface area contributed by atoms with Crippen LogP contribution in [0.25, 0.3) is 0 Å². The van der Waals surface area contributed by atoms with Crippen molar-refractivity contribution in [3.05, 3.63) is 17.7 Å². The Morgan fingerprint density at radius 1 is 1.19 bits per heavy atom. The number of methoxy groups -OCH3 is 2. The van der Waals surface area contributed by atoms with Gasteiger partial charge in [0.1, 0.15) is 6.61 Å². The van der Waals surface area contributed by atoms with Gasteiger partial charge in [0.05, 0.1) is 25.5 Å². The third-order valence-electron chi connectivity index (χ3n) is 2.31. The van der Waals surface area contributed by atoms with Crippen LogP contribution in [-0.4, -0.2) is 39.8 Å². The second kappa shape index (κ2) is 7.02. The van der Waals surface area contributed by atoms with E-state index in [0.29, 0.717) is 5.75 Å². The minimum atomic E-state index is -4.49. The zero-order chi connectivity index (χ0) is 16.0. The molecule has 1 aromatic rings. The Labute approximate surface area is 118 Å². The molecule has 0 saturated carbocycles. The van der Waals surface area contributed by atoms with E-state index in [4.69, 9.17) is 15.2 Å². The molecule has 118 valence electrons. The summed E-state index contributed by atoms with van der Waals surface area (Å²) in [5.41, 5.74) is 5.61. The molecule has 0 amide bonds. The summed E-state index contributed by atoms with van der Waals surface area (Å²) in [6.45, 7) is -2.35. The Morgan fingerprint density at radius 2 is 1.76 bits per heavy atom. The SMILES string of the molecule is COc1cc(N)c(C(=O)OCOCC(F)(F)F)cc1OC. The molecule has 0 fully saturated rings. The van der Waals surface area contributed by atoms with E-state index in [0.717, 1.165) is 0 Å². The van der Waals surface area contributed by atoms with Crippen molar-refractivity contribution in [2.75, 3.05) is 33.4 Å². The number of ether oxygens (including phenoxy) is 4. The number of nitrogen functional groups attached to an aromatic ring is 1. The molecule has 0 unspecified atom stereocenters. The van der Waals surface area contributed by atoms with Crippen LogP contribution < -0.4 is 15.2 Å². The minimum Gasteiger partial charge on any atom is -0.493 e. The molecule has 0 aliphatic rings. The standard InChI is InChI=1S/C12H14F3NO5/c1-18-9-3-7(8(16)4-10(9)19-2)11(17)21-6-20-5-12(13,14)15/h3-4H,5-6,16H2,1-2H3. The maximum Gasteiger partial charge on any atom is 0.411 e. The number of esters is 1. The molecule has 1 rings (SSSR count). The molecule has 0 saturated heterocycles. The van der Waals surface area contributed by atoms with Gasteiger partial charge in [-0.3, -0.25) is 0 Å². The van der Waals surface area contributed by atoms with Crippen LogP contribution >= 0.6 is 0 Å². The predicted octanol–water partition coefficient (Wildman–Crippen LogP) is 1.98. The highest BCUT2D eigenvalue weighted by Crippen LogP contribution is 2.32. The number of nitrogens with two attached hydrogens (primary N) is 1. The van der Waals surface area contributed by atoms with Crippen LogP contribution in [0.15, 0.2) is 12.1 Å². The first kappa shape index (κ1) is 16.9. The maximum atomic E-state index is 11.8. The topological polar surface area (TPSA) is 80.0 Å². The summed E-state index contributed by atoms with van der Waals surface area (Å²) in [6.07, 6.45) is -4.49. The lowest BCUT2D eigenvalue weighted by Crippen LogP contribution is -2.19. The monoisotopic (exact) mass is 309 g/mol. The number of hydrogen-bond acceptors (Lipinski definition) is 6. The number of carbonyl (C=O) groups excluding carboxylic acids is 1. The van der Waals surface area contributed by atoms with Gasteiger partial charge in [-0.2, -0.15) is 13.2 Å². The average Bonchev–Trinajstić information content (AvgIpc) is 2.41. The van der Waals surface area contributed by atoms with Crippen LogP contribution in [0.5, 0.6) is 11.5 Å². The highest BCUT2D eigenvalue weighted by molar-refractivity contribution is 5.96. The highest BCUT2D eigenvalue weighted by Gasteiger charge is 2.27. The first-order chi connectivity index (χ1) is 9.78. The number of rotatable bonds is 6. The molecule has 0 heterocycles. The second-order valence-corrected chi connectivity index (χ2v) is 3.81. The number of halogens is 3. The fourth-order valence-electron chi connectivity index (χ4n) is 1.40. The van der Waals surface area contributed by atoms with Gasteiger partial charge in [0, 0.05) is 12.1 Å². The molecule has 0 aliphatic heterocycles. The molecule has 0 aliphatic carbocycles. The van der Waals surface area contributed by atoms with Gasteiger partial charge in [0.15, 0.2) is 18.3 Å². The molecule has 1 aromatic carbocycles. The van der Waals surface area contributed by atoms with Crippen LogP contribution in [0.1, 0.15) is 10.4 Å². The molecule has 6 nitrogen and oxygen atoms in total. The van der Waals surface area contributed by atoms with E-state index in [2.05, 4.69) is 9.47 Å². The highest BCUT2D eigenvalue weighted by atomic mass is 19.4. The fourth-order valence-corrected chi connectivity index (χ4v) is 1.40. The van der Waals surface area contributed by atoms with E-state index in [1.54, 1.807) is 0 Å². The fraction of sp³-hybridized carbons (Fsp3) is 0.417. The van der Waals surface area contributed by atoms with Crippen LogP contribution in [0.4, 0.5) is 18.9 Å². The molecule has 2 N–H and O–H groups in total. The van der Waals surface area contributed by atoms with Gasteiger partial charge < -0.3 is 24.7 Å². The lowest BCUT2D eigenvalue weighted by molar-refractivity contribution is -0.190. The van der Waals surface area contributed by atoms with Crippen molar-refractivity contribution in [2.24, 2.45) is 0 Å². The zero-order valence-corrected chi connectivity index (χ0v) is 11.3. The Morgan fingerprint density at radius 3 is 2.29 bits per heavy atom. The first-order valence-corrected chi connectivity index (χ1v) is 5.61. The van der Waals surface area contributed by atoms with E-state index < -0.39 is 25.5 Å². The molecule has 0 bridgehead atoms. The Hall–Kier alpha value is -2.16. The number of hydrogen-bond donors (Lipinski definition) is 1. The summed E-state index contributed by atoms with van der Waals surface area (Å²) in [7, 11) is 2.75. The van der Waals surface area contributed by atoms with Crippen LogP contribution in [0.3, 0.4) is 0 Å². The van der Waals surface area contributed by atoms with Gasteiger partial charge in [0.2, 0.25) is 0 Å². The van der Waals surface area contributed by atoms with E-state index in [9.17, 15) is 18.0 Å². The number of benzene rings is 1. The summed E-state index contributed by atoms with van der Waals surface area (Å²) in [6, 6.07) is 2.60. The van der Waals surface area contributed by atoms with Crippen LogP contribution in [0.2, 0.25) is 0 Å². The van der Waals surface area contributed by atoms with E-state index in [-0.39, 0.29) is 17.0 Å². The number of alkyl halides is 3. The smallest absolute Gasteiger partial charge is 0.411 e. The average molecular weight is 309 g/mol. The maximum absolute atomic E-state index is 11.8. The third-order valence-corrected chi connectivity index (χ3v) is 2.31. The largest absolute Gasteiger partial charge is 0.493 e. The van der Waals surface area contributed by atoms with Gasteiger partial charge in [0.25, 0.3) is 0 Å². The lowest BCUT2D eigenvalue weighted by Gasteiger charge is -2.12. The quantitative estimate of drug-likeness (QED) is 0.374. The van der Waals surface area contributed by atoms with Crippen molar-refractivity contribution in [3.63, 3.8) is 0 Å². The van der Waals surface area contributed by atoms with E-state index in [1.165, 1.54) is 26.4 Å². The van der Waals surface area contributed by atoms with Gasteiger partial charge in [-0.25, -0.2) is 4.79 Å². The Balaban J connectivity index is 2.70. The molecule has 0 aromatic heterocycles. The van der Waals surface area contributed by atoms with Gasteiger partial charge >= 0.3 is 12.1 Å². The Kier molecular flexibility index (Phi) is 5.65. The molecule has 0 spiro atoms. The number of carbonyl (C=O) groups is 1. The molecule has 0 atom stereocenters. The van der Waals surface area contributed by atoms with Gasteiger partial charge in [-0.05, 0) is 0 Å². The number of anilines is 1. The summed E-state index contributed by atoms with van der Waals surface area (Å²) >= 11 is 0. The van der Waals surface area contributed by atoms with E-state index >= 15 is 0 Å². The first-order valence-electron chi connectivity index (χ1n) is 5.61. The van der Waals surface area contributed by atoms with Crippen LogP contribution in [-0.2, 0) is 9.47 Å². The molecular weight excluding hydrogens is 295 g/mol. The van der Waals surface area contributed by atoms with Crippen molar-refractivity contribution >= 4 is 11.7 Å². The predicted molar refractivity (Wildman–Crippen MR) is 66.2 cm³/mol. The van der Waals surface area contributed by atoms with Crippen molar-refractivity contribution in [3.8, 4) is 11.5 Å². The van der Waals surface area contributed by atoms with Gasteiger partial charge in [-0.1, -0.05) is 0 Å². The van der Waals surface area contributed by atoms with Gasteiger partial charge in [-0.15, -0.1) is 0 Å². The summed E-state index contributed by atoms with van der Waals surface area (Å²) < 4.78 is 54.2. The molecular formula is C12H14F3NO5. The second-order valence-electron chi connectivity index (χ2n) is 3.81. The molecule has 0 radical (unpaired) electrons. The molecule has 9 heteroatoms. The van der Waals surface area contributed by atoms with Crippen molar-refractivity contribution < 1.29 is 36.9 Å². The van der Waals surface area contributed by atoms with Crippen molar-refractivity contribution in [2.45, 2.75) is 6.18 Å². The lowest BCUT2D eigenvalue weighted by atomic mass is 10.1. The van der Waals surface area contributed by atoms with E-state index in [1.807, 2.05) is 0 Å². The minimum absolute atomic E-state index is 0.0356. The zero-order valence-electron chi connectivity index (χ0n) is 11.3. The molecule has 21 heavy (non-hydrogen) atoms. The van der Waals surface area contributed by atoms with Crippen molar-refractivity contribution in [1.29, 1.82) is 0 Å². The Bertz CT molecular complexity index is 504. The summed E-state index contributed by atoms with van der Waals surface area (Å²) in [5, 5.41) is 0. The third kappa shape index (κ3) is 5.03. The summed E-state index contributed by atoms with van der Waals surface area (Å²) in [4.78, 5) is 11.7. The van der Waals surface area contributed by atoms with Crippen LogP contribution in [0, 0.1) is 0 Å². The van der Waals surface area contributed by atoms with Crippen molar-refractivity contribution in [1.82, 2.24) is 0 Å². The normalized spacial score (nSPS) is 11.1. The summed E-state index contributed by atoms with van der Waals surface area (Å²) in [5.74, 6) is -0.398.